The molecule has 0 aromatic carbocycles. The van der Waals surface area contributed by atoms with E-state index in [-0.39, 0.29) is 30.5 Å². The van der Waals surface area contributed by atoms with E-state index in [9.17, 15) is 9.59 Å². The van der Waals surface area contributed by atoms with Gasteiger partial charge < -0.3 is 15.7 Å². The van der Waals surface area contributed by atoms with Crippen LogP contribution in [-0.4, -0.2) is 63.1 Å². The van der Waals surface area contributed by atoms with Crippen molar-refractivity contribution >= 4 is 17.8 Å². The van der Waals surface area contributed by atoms with Gasteiger partial charge >= 0.3 is 5.97 Å². The first-order valence-electron chi connectivity index (χ1n) is 9.76. The number of carbonyl (C=O) groups is 2. The maximum atomic E-state index is 12.4. The van der Waals surface area contributed by atoms with E-state index in [4.69, 9.17) is 5.11 Å². The zero-order valence-corrected chi connectivity index (χ0v) is 16.0. The molecule has 2 atom stereocenters. The Bertz CT molecular complexity index is 660. The van der Waals surface area contributed by atoms with E-state index >= 15 is 0 Å². The van der Waals surface area contributed by atoms with Crippen LogP contribution in [0.1, 0.15) is 56.3 Å². The highest BCUT2D eigenvalue weighted by Gasteiger charge is 2.38. The van der Waals surface area contributed by atoms with Crippen LogP contribution in [0.4, 0.5) is 5.95 Å². The normalized spacial score (nSPS) is 22.8. The van der Waals surface area contributed by atoms with Crippen molar-refractivity contribution in [3.63, 3.8) is 0 Å². The van der Waals surface area contributed by atoms with Crippen molar-refractivity contribution in [1.82, 2.24) is 20.2 Å². The zero-order chi connectivity index (χ0) is 19.4. The molecular formula is C19H29N5O3. The number of carboxylic acids is 1. The number of hydrogen-bond donors (Lipinski definition) is 3. The molecule has 1 amide bonds. The first-order valence-corrected chi connectivity index (χ1v) is 9.76. The molecule has 0 spiro atoms. The lowest BCUT2D eigenvalue weighted by Crippen LogP contribution is -2.44. The summed E-state index contributed by atoms with van der Waals surface area (Å²) in [6.45, 7) is 5.46. The Balaban J connectivity index is 1.54. The van der Waals surface area contributed by atoms with E-state index < -0.39 is 5.97 Å². The van der Waals surface area contributed by atoms with Crippen LogP contribution in [0.3, 0.4) is 0 Å². The lowest BCUT2D eigenvalue weighted by Gasteiger charge is -2.29. The predicted molar refractivity (Wildman–Crippen MR) is 102 cm³/mol. The molecule has 1 aromatic heterocycles. The van der Waals surface area contributed by atoms with E-state index in [1.54, 1.807) is 0 Å². The van der Waals surface area contributed by atoms with Gasteiger partial charge in [-0.2, -0.15) is 0 Å². The molecule has 1 saturated heterocycles. The molecule has 1 saturated carbocycles. The zero-order valence-electron chi connectivity index (χ0n) is 16.0. The number of aromatic nitrogens is 2. The number of carboxylic acid groups (broad SMARTS) is 1. The lowest BCUT2D eigenvalue weighted by molar-refractivity contribution is -0.138. The van der Waals surface area contributed by atoms with Gasteiger partial charge in [0, 0.05) is 43.6 Å². The fourth-order valence-corrected chi connectivity index (χ4v) is 3.64. The second kappa shape index (κ2) is 8.65. The number of nitrogens with one attached hydrogen (secondary N) is 2. The SMILES string of the molecule is CC(C)Nc1ncc(C(=O)NC[C@@H]2CC[C@H](CC(=O)O)N2CC2CC2)cn1. The van der Waals surface area contributed by atoms with Gasteiger partial charge in [-0.15, -0.1) is 0 Å². The van der Waals surface area contributed by atoms with Crippen molar-refractivity contribution < 1.29 is 14.7 Å². The van der Waals surface area contributed by atoms with Crippen LogP contribution in [0.2, 0.25) is 0 Å². The monoisotopic (exact) mass is 375 g/mol. The molecule has 2 fully saturated rings. The van der Waals surface area contributed by atoms with Crippen LogP contribution >= 0.6 is 0 Å². The lowest BCUT2D eigenvalue weighted by atomic mass is 10.1. The molecule has 8 nitrogen and oxygen atoms in total. The summed E-state index contributed by atoms with van der Waals surface area (Å²) in [6, 6.07) is 0.500. The molecule has 0 radical (unpaired) electrons. The Hall–Kier alpha value is -2.22. The van der Waals surface area contributed by atoms with Crippen LogP contribution in [-0.2, 0) is 4.79 Å². The Morgan fingerprint density at radius 1 is 1.19 bits per heavy atom. The third-order valence-corrected chi connectivity index (χ3v) is 5.18. The van der Waals surface area contributed by atoms with E-state index in [1.165, 1.54) is 25.2 Å². The van der Waals surface area contributed by atoms with Gasteiger partial charge in [0.15, 0.2) is 0 Å². The fourth-order valence-electron chi connectivity index (χ4n) is 3.64. The summed E-state index contributed by atoms with van der Waals surface area (Å²) in [5, 5.41) is 15.2. The number of anilines is 1. The van der Waals surface area contributed by atoms with Crippen molar-refractivity contribution in [1.29, 1.82) is 0 Å². The standard InChI is InChI=1S/C19H29N5O3/c1-12(2)23-19-21-8-14(9-22-19)18(27)20-10-16-6-5-15(7-17(25)26)24(16)11-13-3-4-13/h8-9,12-13,15-16H,3-7,10-11H2,1-2H3,(H,20,27)(H,25,26)(H,21,22,23)/t15-,16+/m1/s1. The second-order valence-electron chi connectivity index (χ2n) is 7.93. The van der Waals surface area contributed by atoms with Crippen molar-refractivity contribution in [2.45, 2.75) is 64.1 Å². The largest absolute Gasteiger partial charge is 0.481 e. The summed E-state index contributed by atoms with van der Waals surface area (Å²) < 4.78 is 0. The predicted octanol–water partition coefficient (Wildman–Crippen LogP) is 1.74. The average Bonchev–Trinajstić information content (AvgIpc) is 3.35. The summed E-state index contributed by atoms with van der Waals surface area (Å²) >= 11 is 0. The van der Waals surface area contributed by atoms with Crippen LogP contribution in [0.25, 0.3) is 0 Å². The number of rotatable bonds is 9. The quantitative estimate of drug-likeness (QED) is 0.603. The summed E-state index contributed by atoms with van der Waals surface area (Å²) in [5.41, 5.74) is 0.429. The molecule has 148 valence electrons. The van der Waals surface area contributed by atoms with Gasteiger partial charge in [-0.25, -0.2) is 9.97 Å². The number of amides is 1. The minimum Gasteiger partial charge on any atom is -0.481 e. The highest BCUT2D eigenvalue weighted by atomic mass is 16.4. The van der Waals surface area contributed by atoms with Crippen molar-refractivity contribution in [2.75, 3.05) is 18.4 Å². The highest BCUT2D eigenvalue weighted by molar-refractivity contribution is 5.93. The van der Waals surface area contributed by atoms with Gasteiger partial charge in [-0.05, 0) is 45.4 Å². The highest BCUT2D eigenvalue weighted by Crippen LogP contribution is 2.35. The van der Waals surface area contributed by atoms with Gasteiger partial charge in [0.05, 0.1) is 12.0 Å². The van der Waals surface area contributed by atoms with Gasteiger partial charge in [-0.1, -0.05) is 0 Å². The van der Waals surface area contributed by atoms with Crippen LogP contribution in [0.15, 0.2) is 12.4 Å². The molecule has 0 bridgehead atoms. The maximum Gasteiger partial charge on any atom is 0.304 e. The van der Waals surface area contributed by atoms with E-state index in [0.717, 1.165) is 19.4 Å². The molecule has 1 aliphatic heterocycles. The van der Waals surface area contributed by atoms with E-state index in [0.29, 0.717) is 24.0 Å². The molecule has 27 heavy (non-hydrogen) atoms. The summed E-state index contributed by atoms with van der Waals surface area (Å²) in [5.74, 6) is 0.244. The molecule has 2 heterocycles. The van der Waals surface area contributed by atoms with Gasteiger partial charge in [0.2, 0.25) is 5.95 Å². The maximum absolute atomic E-state index is 12.4. The van der Waals surface area contributed by atoms with E-state index in [2.05, 4.69) is 25.5 Å². The Morgan fingerprint density at radius 2 is 1.85 bits per heavy atom. The number of hydrogen-bond acceptors (Lipinski definition) is 6. The summed E-state index contributed by atoms with van der Waals surface area (Å²) in [6.07, 6.45) is 7.47. The Kier molecular flexibility index (Phi) is 6.26. The molecule has 8 heteroatoms. The van der Waals surface area contributed by atoms with Crippen LogP contribution in [0.5, 0.6) is 0 Å². The van der Waals surface area contributed by atoms with Crippen molar-refractivity contribution in [3.8, 4) is 0 Å². The Morgan fingerprint density at radius 3 is 2.44 bits per heavy atom. The number of aliphatic carboxylic acids is 1. The molecule has 1 aliphatic carbocycles. The van der Waals surface area contributed by atoms with Gasteiger partial charge in [0.1, 0.15) is 0 Å². The van der Waals surface area contributed by atoms with Crippen molar-refractivity contribution in [2.24, 2.45) is 5.92 Å². The van der Waals surface area contributed by atoms with Crippen LogP contribution in [0, 0.1) is 5.92 Å². The first-order chi connectivity index (χ1) is 12.9. The minimum absolute atomic E-state index is 0.0785. The molecular weight excluding hydrogens is 346 g/mol. The van der Waals surface area contributed by atoms with E-state index in [1.807, 2.05) is 13.8 Å². The summed E-state index contributed by atoms with van der Waals surface area (Å²) in [7, 11) is 0. The Labute approximate surface area is 159 Å². The van der Waals surface area contributed by atoms with Crippen molar-refractivity contribution in [3.05, 3.63) is 18.0 Å². The fraction of sp³-hybridized carbons (Fsp3) is 0.684. The molecule has 3 rings (SSSR count). The molecule has 3 N–H and O–H groups in total. The molecule has 0 unspecified atom stereocenters. The number of nitrogens with zero attached hydrogens (tertiary/aromatic N) is 3. The topological polar surface area (TPSA) is 107 Å². The number of carbonyl (C=O) groups excluding carboxylic acids is 1. The van der Waals surface area contributed by atoms with Crippen LogP contribution < -0.4 is 10.6 Å². The second-order valence-corrected chi connectivity index (χ2v) is 7.93. The first kappa shape index (κ1) is 19.5. The van der Waals surface area contributed by atoms with Gasteiger partial charge in [0.25, 0.3) is 5.91 Å². The minimum atomic E-state index is -0.752. The third kappa shape index (κ3) is 5.63. The average molecular weight is 375 g/mol. The molecule has 2 aliphatic rings. The smallest absolute Gasteiger partial charge is 0.304 e. The number of likely N-dealkylation sites (tertiary alicyclic amines) is 1. The third-order valence-electron chi connectivity index (χ3n) is 5.18. The summed E-state index contributed by atoms with van der Waals surface area (Å²) in [4.78, 5) is 34.2. The van der Waals surface area contributed by atoms with Gasteiger partial charge in [-0.3, -0.25) is 14.5 Å². The molecule has 1 aromatic rings.